The first-order valence-electron chi connectivity index (χ1n) is 5.57. The Labute approximate surface area is 119 Å². The summed E-state index contributed by atoms with van der Waals surface area (Å²) in [4.78, 5) is 27.1. The number of hydrogen-bond acceptors (Lipinski definition) is 4. The minimum atomic E-state index is -3.80. The van der Waals surface area contributed by atoms with Gasteiger partial charge in [-0.25, -0.2) is 4.79 Å². The van der Waals surface area contributed by atoms with Crippen LogP contribution in [0.4, 0.5) is 0 Å². The lowest BCUT2D eigenvalue weighted by Crippen LogP contribution is -1.97. The normalized spacial score (nSPS) is 11.0. The molecule has 2 aromatic rings. The van der Waals surface area contributed by atoms with Crippen molar-refractivity contribution in [1.82, 2.24) is 0 Å². The van der Waals surface area contributed by atoms with Gasteiger partial charge in [0.15, 0.2) is 0 Å². The zero-order valence-electron chi connectivity index (χ0n) is 10.6. The molecule has 0 aliphatic carbocycles. The molecule has 0 saturated carbocycles. The minimum absolute atomic E-state index is 0.0181. The van der Waals surface area contributed by atoms with E-state index in [4.69, 9.17) is 30.9 Å². The highest BCUT2D eigenvalue weighted by Crippen LogP contribution is 2.33. The molecule has 0 fully saturated rings. The number of aryl methyl sites for hydroxylation is 1. The van der Waals surface area contributed by atoms with E-state index in [1.807, 2.05) is 6.92 Å². The van der Waals surface area contributed by atoms with Gasteiger partial charge in [-0.15, -0.1) is 11.6 Å². The molecule has 2 rings (SSSR count). The van der Waals surface area contributed by atoms with Gasteiger partial charge < -0.3 is 19.3 Å². The molecular weight excluding hydrogens is 307 g/mol. The number of rotatable bonds is 2. The summed E-state index contributed by atoms with van der Waals surface area (Å²) in [5.74, 6) is 0.117. The van der Waals surface area contributed by atoms with E-state index in [0.29, 0.717) is 5.58 Å². The van der Waals surface area contributed by atoms with Gasteiger partial charge in [0, 0.05) is 23.4 Å². The van der Waals surface area contributed by atoms with Crippen LogP contribution in [0.3, 0.4) is 0 Å². The van der Waals surface area contributed by atoms with Crippen molar-refractivity contribution >= 4 is 30.2 Å². The van der Waals surface area contributed by atoms with Crippen molar-refractivity contribution in [2.45, 2.75) is 6.92 Å². The highest BCUT2D eigenvalue weighted by molar-refractivity contribution is 7.51. The van der Waals surface area contributed by atoms with E-state index in [1.54, 1.807) is 12.1 Å². The molecule has 3 N–H and O–H groups in total. The third kappa shape index (κ3) is 5.35. The van der Waals surface area contributed by atoms with Crippen LogP contribution in [0.15, 0.2) is 33.5 Å². The maximum atomic E-state index is 11.0. The highest BCUT2D eigenvalue weighted by atomic mass is 35.5. The Morgan fingerprint density at radius 3 is 2.45 bits per heavy atom. The van der Waals surface area contributed by atoms with Crippen LogP contribution in [-0.2, 0) is 4.57 Å². The molecule has 0 aliphatic rings. The smallest absolute Gasteiger partial charge is 0.336 e. The Morgan fingerprint density at radius 1 is 1.30 bits per heavy atom. The van der Waals surface area contributed by atoms with Crippen molar-refractivity contribution in [3.63, 3.8) is 0 Å². The number of benzene rings is 1. The van der Waals surface area contributed by atoms with Crippen molar-refractivity contribution < 1.29 is 23.9 Å². The van der Waals surface area contributed by atoms with Crippen LogP contribution in [0.5, 0.6) is 5.75 Å². The Balaban J connectivity index is 0.000000246. The lowest BCUT2D eigenvalue weighted by atomic mass is 10.1. The minimum Gasteiger partial charge on any atom is -0.508 e. The third-order valence-corrected chi connectivity index (χ3v) is 3.57. The summed E-state index contributed by atoms with van der Waals surface area (Å²) in [6, 6.07) is 6.15. The van der Waals surface area contributed by atoms with Crippen LogP contribution < -0.4 is 5.63 Å². The maximum absolute atomic E-state index is 11.0. The summed E-state index contributed by atoms with van der Waals surface area (Å²) in [5, 5.41) is 9.99. The van der Waals surface area contributed by atoms with Gasteiger partial charge in [-0.2, -0.15) is 0 Å². The summed E-state index contributed by atoms with van der Waals surface area (Å²) in [6.45, 7) is 1.83. The second-order valence-corrected chi connectivity index (χ2v) is 6.16. The number of aromatic hydroxyl groups is 1. The molecular formula is C12H14ClO6P. The first kappa shape index (κ1) is 16.7. The maximum Gasteiger partial charge on any atom is 0.336 e. The van der Waals surface area contributed by atoms with Gasteiger partial charge in [-0.05, 0) is 24.6 Å². The molecule has 0 bridgehead atoms. The van der Waals surface area contributed by atoms with Gasteiger partial charge >= 0.3 is 13.2 Å². The summed E-state index contributed by atoms with van der Waals surface area (Å²) in [5.41, 5.74) is 0.881. The molecule has 0 atom stereocenters. The van der Waals surface area contributed by atoms with Crippen molar-refractivity contribution in [1.29, 1.82) is 0 Å². The van der Waals surface area contributed by atoms with Gasteiger partial charge in [-0.1, -0.05) is 0 Å². The van der Waals surface area contributed by atoms with Crippen molar-refractivity contribution in [2.24, 2.45) is 0 Å². The quantitative estimate of drug-likeness (QED) is 0.445. The SMILES string of the molecule is Cc1cc(=O)oc2cc(O)ccc12.O=P(O)(O)CCCl. The van der Waals surface area contributed by atoms with E-state index in [9.17, 15) is 9.36 Å². The van der Waals surface area contributed by atoms with E-state index in [-0.39, 0.29) is 17.8 Å². The largest absolute Gasteiger partial charge is 0.508 e. The Bertz CT molecular complexity index is 690. The zero-order valence-corrected chi connectivity index (χ0v) is 12.3. The molecule has 1 aromatic carbocycles. The molecule has 6 nitrogen and oxygen atoms in total. The molecule has 0 radical (unpaired) electrons. The number of phenolic OH excluding ortho intramolecular Hbond substituents is 1. The second-order valence-electron chi connectivity index (χ2n) is 4.01. The van der Waals surface area contributed by atoms with Crippen molar-refractivity contribution in [3.8, 4) is 5.75 Å². The molecule has 110 valence electrons. The molecule has 0 aliphatic heterocycles. The Hall–Kier alpha value is -1.33. The van der Waals surface area contributed by atoms with Gasteiger partial charge in [-0.3, -0.25) is 4.57 Å². The van der Waals surface area contributed by atoms with Crippen molar-refractivity contribution in [3.05, 3.63) is 40.2 Å². The fourth-order valence-electron chi connectivity index (χ4n) is 1.42. The molecule has 0 unspecified atom stereocenters. The van der Waals surface area contributed by atoms with Gasteiger partial charge in [0.2, 0.25) is 0 Å². The van der Waals surface area contributed by atoms with Crippen LogP contribution in [0.25, 0.3) is 11.0 Å². The van der Waals surface area contributed by atoms with Crippen LogP contribution in [0, 0.1) is 6.92 Å². The molecule has 1 aromatic heterocycles. The summed E-state index contributed by atoms with van der Waals surface area (Å²) >= 11 is 4.99. The fraction of sp³-hybridized carbons (Fsp3) is 0.250. The standard InChI is InChI=1S/C10H8O3.C2H6ClO3P/c1-6-4-10(12)13-9-5-7(11)2-3-8(6)9;3-1-2-7(4,5)6/h2-5,11H,1H3;1-2H2,(H2,4,5,6). The first-order valence-corrected chi connectivity index (χ1v) is 7.90. The monoisotopic (exact) mass is 320 g/mol. The van der Waals surface area contributed by atoms with E-state index in [0.717, 1.165) is 10.9 Å². The van der Waals surface area contributed by atoms with E-state index in [1.165, 1.54) is 12.1 Å². The van der Waals surface area contributed by atoms with E-state index < -0.39 is 13.2 Å². The summed E-state index contributed by atoms with van der Waals surface area (Å²) in [6.07, 6.45) is -0.228. The lowest BCUT2D eigenvalue weighted by molar-refractivity contribution is 0.375. The van der Waals surface area contributed by atoms with Crippen LogP contribution in [0.1, 0.15) is 5.56 Å². The van der Waals surface area contributed by atoms with Crippen LogP contribution in [0.2, 0.25) is 0 Å². The van der Waals surface area contributed by atoms with Crippen molar-refractivity contribution in [2.75, 3.05) is 12.0 Å². The summed E-state index contributed by atoms with van der Waals surface area (Å²) in [7, 11) is -3.80. The lowest BCUT2D eigenvalue weighted by Gasteiger charge is -1.99. The van der Waals surface area contributed by atoms with E-state index >= 15 is 0 Å². The average molecular weight is 321 g/mol. The average Bonchev–Trinajstić information content (AvgIpc) is 2.26. The fourth-order valence-corrected chi connectivity index (χ4v) is 2.30. The number of hydrogen-bond donors (Lipinski definition) is 3. The Morgan fingerprint density at radius 2 is 1.95 bits per heavy atom. The van der Waals surface area contributed by atoms with Gasteiger partial charge in [0.05, 0.1) is 6.16 Å². The molecule has 0 saturated heterocycles. The van der Waals surface area contributed by atoms with Crippen LogP contribution in [-0.4, -0.2) is 26.9 Å². The topological polar surface area (TPSA) is 108 Å². The van der Waals surface area contributed by atoms with E-state index in [2.05, 4.69) is 0 Å². The molecule has 1 heterocycles. The molecule has 8 heteroatoms. The number of alkyl halides is 1. The predicted molar refractivity (Wildman–Crippen MR) is 76.5 cm³/mol. The number of phenols is 1. The number of fused-ring (bicyclic) bond motifs is 1. The molecule has 0 spiro atoms. The molecule has 20 heavy (non-hydrogen) atoms. The van der Waals surface area contributed by atoms with Gasteiger partial charge in [0.1, 0.15) is 11.3 Å². The predicted octanol–water partition coefficient (Wildman–Crippen LogP) is 2.21. The number of halogens is 1. The Kier molecular flexibility index (Phi) is 5.77. The van der Waals surface area contributed by atoms with Crippen LogP contribution >= 0.6 is 19.2 Å². The highest BCUT2D eigenvalue weighted by Gasteiger charge is 2.09. The second kappa shape index (κ2) is 6.90. The molecule has 0 amide bonds. The van der Waals surface area contributed by atoms with Gasteiger partial charge in [0.25, 0.3) is 0 Å². The zero-order chi connectivity index (χ0) is 15.3. The first-order chi connectivity index (χ1) is 9.23. The summed E-state index contributed by atoms with van der Waals surface area (Å²) < 4.78 is 14.7. The third-order valence-electron chi connectivity index (χ3n) is 2.31.